The van der Waals surface area contributed by atoms with Crippen molar-refractivity contribution in [2.45, 2.75) is 47.1 Å². The molecular formula is C41H54N6O6. The van der Waals surface area contributed by atoms with Gasteiger partial charge in [-0.2, -0.15) is 0 Å². The summed E-state index contributed by atoms with van der Waals surface area (Å²) in [7, 11) is 1.97. The van der Waals surface area contributed by atoms with Gasteiger partial charge in [-0.05, 0) is 61.0 Å². The topological polar surface area (TPSA) is 157 Å². The lowest BCUT2D eigenvalue weighted by atomic mass is 10.0. The van der Waals surface area contributed by atoms with Gasteiger partial charge in [-0.25, -0.2) is 0 Å². The molecule has 1 saturated heterocycles. The minimum atomic E-state index is -0.864. The van der Waals surface area contributed by atoms with Crippen LogP contribution in [0.25, 0.3) is 21.5 Å². The summed E-state index contributed by atoms with van der Waals surface area (Å²) in [6.45, 7) is 12.4. The summed E-state index contributed by atoms with van der Waals surface area (Å²) in [6.07, 6.45) is 1.58. The number of likely N-dealkylation sites (N-methyl/N-ethyl adjacent to an activating group) is 1. The van der Waals surface area contributed by atoms with E-state index in [0.717, 1.165) is 23.9 Å². The molecule has 1 fully saturated rings. The smallest absolute Gasteiger partial charge is 0.289 e. The fourth-order valence-electron chi connectivity index (χ4n) is 5.08. The van der Waals surface area contributed by atoms with Crippen LogP contribution in [0.1, 0.15) is 50.0 Å². The molecule has 0 aliphatic carbocycles. The molecule has 12 nitrogen and oxygen atoms in total. The molecular weight excluding hydrogens is 672 g/mol. The van der Waals surface area contributed by atoms with E-state index in [0.29, 0.717) is 25.1 Å². The number of amides is 5. The van der Waals surface area contributed by atoms with Gasteiger partial charge in [0.25, 0.3) is 11.8 Å². The number of benzene rings is 4. The Labute approximate surface area is 312 Å². The second-order valence-electron chi connectivity index (χ2n) is 12.7. The largest absolute Gasteiger partial charge is 0.352 e. The normalized spacial score (nSPS) is 12.1. The minimum absolute atomic E-state index is 0.0137. The maximum Gasteiger partial charge on any atom is 0.289 e. The third-order valence-electron chi connectivity index (χ3n) is 7.76. The highest BCUT2D eigenvalue weighted by molar-refractivity contribution is 6.37. The van der Waals surface area contributed by atoms with Gasteiger partial charge in [0.2, 0.25) is 24.0 Å². The first kappa shape index (κ1) is 43.5. The SMILES string of the molecule is CC(C)NC(=O)CNC(=O)c1cccc2ccccc12.CCC.CN1CCN(C(=O)CNC(=O)C(=O)CNC=O)CC1.Cc1cccc2ccccc12. The summed E-state index contributed by atoms with van der Waals surface area (Å²) >= 11 is 0. The van der Waals surface area contributed by atoms with Crippen LogP contribution in [0, 0.1) is 6.92 Å². The quantitative estimate of drug-likeness (QED) is 0.143. The Morgan fingerprint density at radius 1 is 0.717 bits per heavy atom. The van der Waals surface area contributed by atoms with Crippen LogP contribution in [0.15, 0.2) is 84.9 Å². The van der Waals surface area contributed by atoms with Gasteiger partial charge in [0.05, 0.1) is 19.6 Å². The lowest BCUT2D eigenvalue weighted by molar-refractivity contribution is -0.139. The number of fused-ring (bicyclic) bond motifs is 2. The standard InChI is InChI=1S/C16H18N2O2.C11H18N4O4.C11H10.C3H8/c1-11(2)18-15(19)10-17-16(20)14-9-5-7-12-6-3-4-8-13(12)14;1-14-2-4-15(5-3-14)10(18)7-13-11(19)9(17)6-12-8-16;1-9-5-4-7-10-6-2-3-8-11(9)10;1-3-2/h3-9,11H,10H2,1-2H3,(H,17,20)(H,18,19);8H,2-7H2,1H3,(H,12,16)(H,13,19);2-8H,1H3;3H2,1-2H3. The highest BCUT2D eigenvalue weighted by Crippen LogP contribution is 2.18. The van der Waals surface area contributed by atoms with Crippen molar-refractivity contribution >= 4 is 57.4 Å². The summed E-state index contributed by atoms with van der Waals surface area (Å²) < 4.78 is 0. The third-order valence-corrected chi connectivity index (χ3v) is 7.76. The van der Waals surface area contributed by atoms with Crippen LogP contribution in [0.5, 0.6) is 0 Å². The molecule has 1 aliphatic rings. The number of carbonyl (C=O) groups is 6. The summed E-state index contributed by atoms with van der Waals surface area (Å²) in [5, 5.41) is 14.3. The first-order chi connectivity index (χ1) is 25.4. The summed E-state index contributed by atoms with van der Waals surface area (Å²) in [6, 6.07) is 28.1. The van der Waals surface area contributed by atoms with Gasteiger partial charge in [-0.15, -0.1) is 0 Å². The predicted molar refractivity (Wildman–Crippen MR) is 210 cm³/mol. The Bertz CT molecular complexity index is 1790. The molecule has 12 heteroatoms. The summed E-state index contributed by atoms with van der Waals surface area (Å²) in [5.74, 6) is -2.28. The number of piperazine rings is 1. The van der Waals surface area contributed by atoms with Gasteiger partial charge in [0, 0.05) is 37.8 Å². The fraction of sp³-hybridized carbons (Fsp3) is 0.366. The maximum atomic E-state index is 12.2. The molecule has 53 heavy (non-hydrogen) atoms. The van der Waals surface area contributed by atoms with E-state index in [1.54, 1.807) is 11.0 Å². The summed E-state index contributed by atoms with van der Waals surface area (Å²) in [5.41, 5.74) is 1.93. The maximum absolute atomic E-state index is 12.2. The molecule has 284 valence electrons. The Hall–Kier alpha value is -5.62. The van der Waals surface area contributed by atoms with E-state index in [9.17, 15) is 28.8 Å². The zero-order valence-corrected chi connectivity index (χ0v) is 31.7. The number of ketones is 1. The first-order valence-electron chi connectivity index (χ1n) is 17.9. The highest BCUT2D eigenvalue weighted by Gasteiger charge is 2.20. The number of hydrogen-bond donors (Lipinski definition) is 4. The lowest BCUT2D eigenvalue weighted by Gasteiger charge is -2.32. The molecule has 0 unspecified atom stereocenters. The monoisotopic (exact) mass is 726 g/mol. The number of carbonyl (C=O) groups excluding carboxylic acids is 6. The average Bonchev–Trinajstić information content (AvgIpc) is 3.15. The average molecular weight is 727 g/mol. The van der Waals surface area contributed by atoms with E-state index in [-0.39, 0.29) is 43.4 Å². The number of nitrogens with one attached hydrogen (secondary N) is 4. The Morgan fingerprint density at radius 3 is 1.85 bits per heavy atom. The number of hydrogen-bond acceptors (Lipinski definition) is 7. The van der Waals surface area contributed by atoms with Crippen LogP contribution in [-0.4, -0.2) is 105 Å². The molecule has 5 rings (SSSR count). The second kappa shape index (κ2) is 23.8. The van der Waals surface area contributed by atoms with Gasteiger partial charge >= 0.3 is 0 Å². The van der Waals surface area contributed by atoms with Crippen molar-refractivity contribution in [1.29, 1.82) is 0 Å². The van der Waals surface area contributed by atoms with Crippen molar-refractivity contribution in [1.82, 2.24) is 31.1 Å². The van der Waals surface area contributed by atoms with E-state index < -0.39 is 11.7 Å². The van der Waals surface area contributed by atoms with Gasteiger partial charge in [0.1, 0.15) is 0 Å². The third kappa shape index (κ3) is 15.7. The molecule has 4 aromatic carbocycles. The van der Waals surface area contributed by atoms with Crippen molar-refractivity contribution in [2.24, 2.45) is 0 Å². The molecule has 4 N–H and O–H groups in total. The predicted octanol–water partition coefficient (Wildman–Crippen LogP) is 3.85. The van der Waals surface area contributed by atoms with Crippen molar-refractivity contribution in [3.63, 3.8) is 0 Å². The second-order valence-corrected chi connectivity index (χ2v) is 12.7. The van der Waals surface area contributed by atoms with Gasteiger partial charge in [-0.1, -0.05) is 99.1 Å². The van der Waals surface area contributed by atoms with Crippen LogP contribution in [-0.2, 0) is 24.0 Å². The Balaban J connectivity index is 0.000000274. The molecule has 1 aliphatic heterocycles. The van der Waals surface area contributed by atoms with Gasteiger partial charge in [-0.3, -0.25) is 28.8 Å². The molecule has 0 aromatic heterocycles. The number of nitrogens with zero attached hydrogens (tertiary/aromatic N) is 2. The zero-order chi connectivity index (χ0) is 39.2. The van der Waals surface area contributed by atoms with Gasteiger partial charge in [0.15, 0.2) is 0 Å². The Kier molecular flexibility index (Phi) is 19.5. The van der Waals surface area contributed by atoms with Crippen LogP contribution in [0.4, 0.5) is 0 Å². The summed E-state index contributed by atoms with van der Waals surface area (Å²) in [4.78, 5) is 71.6. The molecule has 1 heterocycles. The van der Waals surface area contributed by atoms with Crippen molar-refractivity contribution in [3.8, 4) is 0 Å². The molecule has 0 atom stereocenters. The molecule has 0 bridgehead atoms. The zero-order valence-electron chi connectivity index (χ0n) is 31.7. The highest BCUT2D eigenvalue weighted by atomic mass is 16.2. The van der Waals surface area contributed by atoms with E-state index in [4.69, 9.17) is 0 Å². The van der Waals surface area contributed by atoms with Gasteiger partial charge < -0.3 is 31.1 Å². The van der Waals surface area contributed by atoms with Crippen LogP contribution in [0.2, 0.25) is 0 Å². The first-order valence-corrected chi connectivity index (χ1v) is 17.9. The van der Waals surface area contributed by atoms with Crippen LogP contribution < -0.4 is 21.3 Å². The van der Waals surface area contributed by atoms with Crippen LogP contribution in [0.3, 0.4) is 0 Å². The van der Waals surface area contributed by atoms with E-state index in [2.05, 4.69) is 89.4 Å². The minimum Gasteiger partial charge on any atom is -0.352 e. The van der Waals surface area contributed by atoms with Crippen molar-refractivity contribution in [2.75, 3.05) is 52.9 Å². The number of Topliss-reactive ketones (excluding diaryl/α,β-unsaturated/α-hetero) is 1. The van der Waals surface area contributed by atoms with E-state index in [1.165, 1.54) is 22.8 Å². The van der Waals surface area contributed by atoms with Crippen molar-refractivity contribution in [3.05, 3.63) is 96.1 Å². The lowest BCUT2D eigenvalue weighted by Crippen LogP contribution is -2.50. The van der Waals surface area contributed by atoms with E-state index >= 15 is 0 Å². The number of aryl methyl sites for hydroxylation is 1. The Morgan fingerprint density at radius 2 is 1.26 bits per heavy atom. The van der Waals surface area contributed by atoms with Crippen LogP contribution >= 0.6 is 0 Å². The molecule has 0 radical (unpaired) electrons. The molecule has 0 spiro atoms. The van der Waals surface area contributed by atoms with E-state index in [1.807, 2.05) is 57.3 Å². The molecule has 5 amide bonds. The molecule has 0 saturated carbocycles. The molecule has 4 aromatic rings. The number of rotatable bonds is 10. The fourth-order valence-corrected chi connectivity index (χ4v) is 5.08. The van der Waals surface area contributed by atoms with Crippen molar-refractivity contribution < 1.29 is 28.8 Å².